The molecule has 2 heterocycles. The van der Waals surface area contributed by atoms with E-state index >= 15 is 0 Å². The number of nitrogens with zero attached hydrogens (tertiary/aromatic N) is 1. The van der Waals surface area contributed by atoms with Crippen LogP contribution in [-0.4, -0.2) is 28.5 Å². The van der Waals surface area contributed by atoms with Crippen molar-refractivity contribution in [2.24, 2.45) is 0 Å². The first-order valence-corrected chi connectivity index (χ1v) is 6.80. The molecule has 5 nitrogen and oxygen atoms in total. The third-order valence-electron chi connectivity index (χ3n) is 3.31. The van der Waals surface area contributed by atoms with Gasteiger partial charge >= 0.3 is 0 Å². The lowest BCUT2D eigenvalue weighted by atomic mass is 10.0. The lowest BCUT2D eigenvalue weighted by Crippen LogP contribution is -2.43. The molecule has 0 radical (unpaired) electrons. The van der Waals surface area contributed by atoms with E-state index in [0.717, 1.165) is 36.8 Å². The zero-order chi connectivity index (χ0) is 13.2. The van der Waals surface area contributed by atoms with Gasteiger partial charge in [-0.1, -0.05) is 18.0 Å². The van der Waals surface area contributed by atoms with Crippen LogP contribution in [0, 0.1) is 0 Å². The number of carbonyl (C=O) groups is 1. The van der Waals surface area contributed by atoms with Gasteiger partial charge in [0.15, 0.2) is 0 Å². The second kappa shape index (κ2) is 5.19. The maximum Gasteiger partial charge on any atom is 0.243 e. The van der Waals surface area contributed by atoms with Gasteiger partial charge in [-0.3, -0.25) is 10.1 Å². The molecule has 6 heteroatoms. The summed E-state index contributed by atoms with van der Waals surface area (Å²) in [5.74, 6) is 0.430. The van der Waals surface area contributed by atoms with Crippen molar-refractivity contribution < 1.29 is 4.79 Å². The maximum absolute atomic E-state index is 12.1. The van der Waals surface area contributed by atoms with Crippen molar-refractivity contribution >= 4 is 34.5 Å². The second-order valence-electron chi connectivity index (χ2n) is 4.74. The average Bonchev–Trinajstić information content (AvgIpc) is 2.81. The summed E-state index contributed by atoms with van der Waals surface area (Å²) < 4.78 is 0. The Hall–Kier alpha value is -1.59. The fourth-order valence-corrected chi connectivity index (χ4v) is 2.48. The van der Waals surface area contributed by atoms with Gasteiger partial charge in [-0.25, -0.2) is 4.98 Å². The van der Waals surface area contributed by atoms with Crippen molar-refractivity contribution in [2.75, 3.05) is 11.9 Å². The third-order valence-corrected chi connectivity index (χ3v) is 3.55. The fraction of sp³-hybridized carbons (Fsp3) is 0.385. The summed E-state index contributed by atoms with van der Waals surface area (Å²) in [5.41, 5.74) is 1.61. The first-order valence-electron chi connectivity index (χ1n) is 6.42. The van der Waals surface area contributed by atoms with E-state index < -0.39 is 0 Å². The molecule has 100 valence electrons. The number of fused-ring (bicyclic) bond motifs is 1. The smallest absolute Gasteiger partial charge is 0.243 e. The molecule has 0 saturated carbocycles. The Kier molecular flexibility index (Phi) is 3.40. The molecule has 1 aromatic heterocycles. The molecule has 2 aromatic rings. The Morgan fingerprint density at radius 3 is 3.11 bits per heavy atom. The Balaban J connectivity index is 1.75. The van der Waals surface area contributed by atoms with E-state index in [1.807, 2.05) is 6.07 Å². The summed E-state index contributed by atoms with van der Waals surface area (Å²) >= 11 is 5.90. The van der Waals surface area contributed by atoms with Gasteiger partial charge in [0.05, 0.1) is 17.1 Å². The topological polar surface area (TPSA) is 69.8 Å². The summed E-state index contributed by atoms with van der Waals surface area (Å²) in [4.78, 5) is 19.4. The Bertz CT molecular complexity index is 604. The third kappa shape index (κ3) is 2.72. The Morgan fingerprint density at radius 1 is 1.42 bits per heavy atom. The lowest BCUT2D eigenvalue weighted by molar-refractivity contribution is -0.118. The van der Waals surface area contributed by atoms with Gasteiger partial charge in [-0.2, -0.15) is 0 Å². The molecule has 19 heavy (non-hydrogen) atoms. The molecule has 1 amide bonds. The van der Waals surface area contributed by atoms with Crippen LogP contribution in [-0.2, 0) is 4.79 Å². The SMILES string of the molecule is O=C(Nc1nc2cc(Cl)ccc2[nH]1)[C@@H]1CCCCN1. The number of aromatic amines is 1. The van der Waals surface area contributed by atoms with Crippen molar-refractivity contribution in [3.8, 4) is 0 Å². The van der Waals surface area contributed by atoms with Crippen molar-refractivity contribution in [3.63, 3.8) is 0 Å². The van der Waals surface area contributed by atoms with Gasteiger partial charge in [-0.15, -0.1) is 0 Å². The van der Waals surface area contributed by atoms with E-state index in [1.54, 1.807) is 12.1 Å². The van der Waals surface area contributed by atoms with Gasteiger partial charge < -0.3 is 10.3 Å². The number of halogens is 1. The number of H-pyrrole nitrogens is 1. The highest BCUT2D eigenvalue weighted by Gasteiger charge is 2.21. The minimum Gasteiger partial charge on any atom is -0.324 e. The molecule has 0 bridgehead atoms. The van der Waals surface area contributed by atoms with Gasteiger partial charge in [0, 0.05) is 5.02 Å². The molecule has 1 fully saturated rings. The molecular weight excluding hydrogens is 264 g/mol. The number of hydrogen-bond donors (Lipinski definition) is 3. The molecule has 0 unspecified atom stereocenters. The van der Waals surface area contributed by atoms with Crippen LogP contribution < -0.4 is 10.6 Å². The minimum absolute atomic E-state index is 0.0372. The Morgan fingerprint density at radius 2 is 2.32 bits per heavy atom. The number of aromatic nitrogens is 2. The molecular formula is C13H15ClN4O. The minimum atomic E-state index is -0.120. The highest BCUT2D eigenvalue weighted by atomic mass is 35.5. The quantitative estimate of drug-likeness (QED) is 0.789. The summed E-state index contributed by atoms with van der Waals surface area (Å²) in [6.45, 7) is 0.897. The maximum atomic E-state index is 12.1. The normalized spacial score (nSPS) is 19.5. The van der Waals surface area contributed by atoms with Crippen LogP contribution >= 0.6 is 11.6 Å². The van der Waals surface area contributed by atoms with E-state index in [4.69, 9.17) is 11.6 Å². The largest absolute Gasteiger partial charge is 0.324 e. The van der Waals surface area contributed by atoms with Crippen molar-refractivity contribution in [1.29, 1.82) is 0 Å². The van der Waals surface area contributed by atoms with Gasteiger partial charge in [0.2, 0.25) is 11.9 Å². The molecule has 1 aliphatic rings. The van der Waals surface area contributed by atoms with Crippen molar-refractivity contribution in [1.82, 2.24) is 15.3 Å². The van der Waals surface area contributed by atoms with E-state index in [2.05, 4.69) is 20.6 Å². The second-order valence-corrected chi connectivity index (χ2v) is 5.18. The van der Waals surface area contributed by atoms with Gasteiger partial charge in [-0.05, 0) is 37.6 Å². The van der Waals surface area contributed by atoms with Crippen LogP contribution in [0.4, 0.5) is 5.95 Å². The number of carbonyl (C=O) groups excluding carboxylic acids is 1. The van der Waals surface area contributed by atoms with Gasteiger partial charge in [0.1, 0.15) is 0 Å². The summed E-state index contributed by atoms with van der Waals surface area (Å²) in [6.07, 6.45) is 3.09. The first kappa shape index (κ1) is 12.4. The summed E-state index contributed by atoms with van der Waals surface area (Å²) in [5, 5.41) is 6.65. The number of nitrogens with one attached hydrogen (secondary N) is 3. The molecule has 0 aliphatic carbocycles. The van der Waals surface area contributed by atoms with Crippen molar-refractivity contribution in [3.05, 3.63) is 23.2 Å². The number of hydrogen-bond acceptors (Lipinski definition) is 3. The highest BCUT2D eigenvalue weighted by Crippen LogP contribution is 2.19. The number of rotatable bonds is 2. The molecule has 1 aliphatic heterocycles. The standard InChI is InChI=1S/C13H15ClN4O/c14-8-4-5-9-11(7-8)17-13(16-9)18-12(19)10-3-1-2-6-15-10/h4-5,7,10,15H,1-3,6H2,(H2,16,17,18,19)/t10-/m0/s1. The number of amides is 1. The molecule has 1 saturated heterocycles. The number of anilines is 1. The summed E-state index contributed by atoms with van der Waals surface area (Å²) in [7, 11) is 0. The average molecular weight is 279 g/mol. The predicted molar refractivity (Wildman–Crippen MR) is 75.4 cm³/mol. The lowest BCUT2D eigenvalue weighted by Gasteiger charge is -2.21. The summed E-state index contributed by atoms with van der Waals surface area (Å²) in [6, 6.07) is 5.28. The molecule has 1 atom stereocenters. The first-order chi connectivity index (χ1) is 9.22. The fourth-order valence-electron chi connectivity index (χ4n) is 2.32. The molecule has 3 N–H and O–H groups in total. The van der Waals surface area contributed by atoms with Crippen LogP contribution in [0.25, 0.3) is 11.0 Å². The van der Waals surface area contributed by atoms with E-state index in [1.165, 1.54) is 0 Å². The predicted octanol–water partition coefficient (Wildman–Crippen LogP) is 2.30. The monoisotopic (exact) mass is 278 g/mol. The van der Waals surface area contributed by atoms with E-state index in [-0.39, 0.29) is 11.9 Å². The number of imidazole rings is 1. The van der Waals surface area contributed by atoms with Crippen molar-refractivity contribution in [2.45, 2.75) is 25.3 Å². The molecule has 3 rings (SSSR count). The van der Waals surface area contributed by atoms with E-state index in [0.29, 0.717) is 11.0 Å². The van der Waals surface area contributed by atoms with E-state index in [9.17, 15) is 4.79 Å². The zero-order valence-corrected chi connectivity index (χ0v) is 11.1. The molecule has 0 spiro atoms. The zero-order valence-electron chi connectivity index (χ0n) is 10.4. The number of piperidine rings is 1. The van der Waals surface area contributed by atoms with Crippen LogP contribution in [0.3, 0.4) is 0 Å². The Labute approximate surface area is 115 Å². The number of benzene rings is 1. The van der Waals surface area contributed by atoms with Crippen LogP contribution in [0.5, 0.6) is 0 Å². The van der Waals surface area contributed by atoms with Crippen LogP contribution in [0.15, 0.2) is 18.2 Å². The highest BCUT2D eigenvalue weighted by molar-refractivity contribution is 6.31. The van der Waals surface area contributed by atoms with Crippen LogP contribution in [0.2, 0.25) is 5.02 Å². The van der Waals surface area contributed by atoms with Crippen LogP contribution in [0.1, 0.15) is 19.3 Å². The molecule has 1 aromatic carbocycles. The van der Waals surface area contributed by atoms with Gasteiger partial charge in [0.25, 0.3) is 0 Å².